The molecule has 0 bridgehead atoms. The zero-order chi connectivity index (χ0) is 22.7. The van der Waals surface area contributed by atoms with Crippen LogP contribution in [0.25, 0.3) is 60.7 Å². The van der Waals surface area contributed by atoms with Gasteiger partial charge in [0.1, 0.15) is 5.65 Å². The number of fused-ring (bicyclic) bond motifs is 16. The van der Waals surface area contributed by atoms with Crippen molar-refractivity contribution in [2.45, 2.75) is 12.8 Å². The minimum atomic E-state index is 0.779. The lowest BCUT2D eigenvalue weighted by Gasteiger charge is -2.12. The molecule has 2 aliphatic rings. The van der Waals surface area contributed by atoms with E-state index in [0.717, 1.165) is 40.6 Å². The third kappa shape index (κ3) is 2.11. The molecule has 0 radical (unpaired) electrons. The van der Waals surface area contributed by atoms with E-state index in [4.69, 9.17) is 4.98 Å². The third-order valence-corrected chi connectivity index (χ3v) is 8.01. The molecule has 0 atom stereocenters. The molecule has 35 heavy (non-hydrogen) atoms. The molecule has 0 N–H and O–H groups in total. The maximum Gasteiger partial charge on any atom is 0.178 e. The summed E-state index contributed by atoms with van der Waals surface area (Å²) in [7, 11) is 0. The normalized spacial score (nSPS) is 13.5. The van der Waals surface area contributed by atoms with Crippen molar-refractivity contribution in [2.24, 2.45) is 0 Å². The van der Waals surface area contributed by atoms with Crippen LogP contribution in [0.4, 0.5) is 0 Å². The van der Waals surface area contributed by atoms with Crippen molar-refractivity contribution in [3.63, 3.8) is 0 Å². The summed E-state index contributed by atoms with van der Waals surface area (Å²) in [5, 5.41) is 3.57. The second kappa shape index (κ2) is 6.10. The highest BCUT2D eigenvalue weighted by atomic mass is 15.1. The molecule has 0 amide bonds. The smallest absolute Gasteiger partial charge is 0.178 e. The van der Waals surface area contributed by atoms with Crippen LogP contribution in [0.2, 0.25) is 0 Å². The summed E-state index contributed by atoms with van der Waals surface area (Å²) in [4.78, 5) is 14.2. The summed E-state index contributed by atoms with van der Waals surface area (Å²) >= 11 is 0. The fraction of sp³-hybridized carbons (Fsp3) is 0.0645. The van der Waals surface area contributed by atoms with Gasteiger partial charge in [0, 0.05) is 35.8 Å². The topological polar surface area (TPSA) is 43.1 Å². The van der Waals surface area contributed by atoms with Crippen LogP contribution in [0.15, 0.2) is 85.3 Å². The Morgan fingerprint density at radius 2 is 1.57 bits per heavy atom. The van der Waals surface area contributed by atoms with Gasteiger partial charge in [-0.15, -0.1) is 0 Å². The van der Waals surface area contributed by atoms with Gasteiger partial charge in [-0.25, -0.2) is 9.97 Å². The van der Waals surface area contributed by atoms with E-state index in [-0.39, 0.29) is 0 Å². The fourth-order valence-corrected chi connectivity index (χ4v) is 6.59. The molecule has 0 unspecified atom stereocenters. The van der Waals surface area contributed by atoms with E-state index in [1.165, 1.54) is 55.3 Å². The van der Waals surface area contributed by atoms with E-state index >= 15 is 0 Å². The van der Waals surface area contributed by atoms with Gasteiger partial charge < -0.3 is 0 Å². The SMILES string of the molecule is c1ccc2c(c1)Cc1ccc3c(c1-2)Cc1c-3ccc2c3cnccc3n3c4cccnc4nc3c12. The number of benzene rings is 3. The van der Waals surface area contributed by atoms with Crippen molar-refractivity contribution in [2.75, 3.05) is 0 Å². The largest absolute Gasteiger partial charge is 0.290 e. The molecule has 0 saturated carbocycles. The zero-order valence-electron chi connectivity index (χ0n) is 18.8. The van der Waals surface area contributed by atoms with Crippen LogP contribution in [0, 0.1) is 0 Å². The molecule has 0 saturated heterocycles. The monoisotopic (exact) mass is 446 g/mol. The molecule has 4 aromatic heterocycles. The Bertz CT molecular complexity index is 2070. The van der Waals surface area contributed by atoms with Crippen LogP contribution in [-0.2, 0) is 12.8 Å². The van der Waals surface area contributed by atoms with Gasteiger partial charge in [-0.1, -0.05) is 48.5 Å². The first kappa shape index (κ1) is 17.8. The minimum absolute atomic E-state index is 0.779. The summed E-state index contributed by atoms with van der Waals surface area (Å²) < 4.78 is 2.27. The number of pyridine rings is 3. The van der Waals surface area contributed by atoms with E-state index < -0.39 is 0 Å². The number of rotatable bonds is 0. The minimum Gasteiger partial charge on any atom is -0.290 e. The second-order valence-corrected chi connectivity index (χ2v) is 9.66. The predicted molar refractivity (Wildman–Crippen MR) is 140 cm³/mol. The van der Waals surface area contributed by atoms with Crippen LogP contribution in [0.1, 0.15) is 22.3 Å². The van der Waals surface area contributed by atoms with Crippen LogP contribution in [0.5, 0.6) is 0 Å². The van der Waals surface area contributed by atoms with Crippen molar-refractivity contribution in [1.29, 1.82) is 0 Å². The Hall–Kier alpha value is -4.57. The lowest BCUT2D eigenvalue weighted by Crippen LogP contribution is -1.95. The molecule has 4 heterocycles. The highest BCUT2D eigenvalue weighted by molar-refractivity contribution is 6.16. The summed E-state index contributed by atoms with van der Waals surface area (Å²) in [6.07, 6.45) is 7.61. The first-order valence-electron chi connectivity index (χ1n) is 12.0. The standard InChI is InChI=1S/C31H18N4/c1-2-5-19-17(4-1)14-18-7-8-20-21-9-10-22-25-16-32-13-11-26(25)35-27-6-3-12-33-30(27)34-31(35)29(22)24(21)15-23(20)28(18)19/h1-13,16H,14-15H2. The van der Waals surface area contributed by atoms with Crippen molar-refractivity contribution < 1.29 is 0 Å². The Balaban J connectivity index is 1.44. The number of aromatic nitrogens is 4. The maximum absolute atomic E-state index is 5.07. The van der Waals surface area contributed by atoms with Crippen LogP contribution >= 0.6 is 0 Å². The summed E-state index contributed by atoms with van der Waals surface area (Å²) in [6.45, 7) is 0. The molecule has 0 aliphatic heterocycles. The fourth-order valence-electron chi connectivity index (χ4n) is 6.59. The second-order valence-electron chi connectivity index (χ2n) is 9.66. The van der Waals surface area contributed by atoms with Gasteiger partial charge in [0.15, 0.2) is 5.65 Å². The number of hydrogen-bond acceptors (Lipinski definition) is 3. The zero-order valence-corrected chi connectivity index (χ0v) is 18.8. The van der Waals surface area contributed by atoms with Crippen molar-refractivity contribution in [3.05, 3.63) is 108 Å². The molecule has 0 fully saturated rings. The Morgan fingerprint density at radius 1 is 0.657 bits per heavy atom. The number of nitrogens with zero attached hydrogens (tertiary/aromatic N) is 4. The molecular weight excluding hydrogens is 428 g/mol. The van der Waals surface area contributed by atoms with Crippen LogP contribution in [0.3, 0.4) is 0 Å². The molecular formula is C31H18N4. The molecule has 9 rings (SSSR count). The molecule has 4 nitrogen and oxygen atoms in total. The maximum atomic E-state index is 5.07. The van der Waals surface area contributed by atoms with Gasteiger partial charge >= 0.3 is 0 Å². The van der Waals surface area contributed by atoms with E-state index in [0.29, 0.717) is 0 Å². The van der Waals surface area contributed by atoms with Crippen LogP contribution in [-0.4, -0.2) is 19.4 Å². The summed E-state index contributed by atoms with van der Waals surface area (Å²) in [5.74, 6) is 0. The predicted octanol–water partition coefficient (Wildman–Crippen LogP) is 6.73. The average Bonchev–Trinajstić information content (AvgIpc) is 3.59. The Morgan fingerprint density at radius 3 is 2.57 bits per heavy atom. The first-order valence-corrected chi connectivity index (χ1v) is 12.0. The van der Waals surface area contributed by atoms with Crippen molar-refractivity contribution in [3.8, 4) is 22.3 Å². The van der Waals surface area contributed by atoms with Gasteiger partial charge in [-0.3, -0.25) is 9.38 Å². The molecule has 2 aliphatic carbocycles. The molecule has 7 aromatic rings. The average molecular weight is 447 g/mol. The van der Waals surface area contributed by atoms with Crippen molar-refractivity contribution >= 4 is 38.5 Å². The molecule has 3 aromatic carbocycles. The number of imidazole rings is 1. The number of hydrogen-bond donors (Lipinski definition) is 0. The van der Waals surface area contributed by atoms with E-state index in [2.05, 4.69) is 75.0 Å². The van der Waals surface area contributed by atoms with E-state index in [1.807, 2.05) is 24.7 Å². The molecule has 4 heteroatoms. The quantitative estimate of drug-likeness (QED) is 0.243. The third-order valence-electron chi connectivity index (χ3n) is 8.01. The molecule has 162 valence electrons. The van der Waals surface area contributed by atoms with E-state index in [9.17, 15) is 0 Å². The first-order chi connectivity index (χ1) is 17.4. The van der Waals surface area contributed by atoms with Crippen LogP contribution < -0.4 is 0 Å². The lowest BCUT2D eigenvalue weighted by atomic mass is 9.95. The Kier molecular flexibility index (Phi) is 3.11. The van der Waals surface area contributed by atoms with Gasteiger partial charge in [0.2, 0.25) is 0 Å². The van der Waals surface area contributed by atoms with Gasteiger partial charge in [0.05, 0.1) is 11.0 Å². The van der Waals surface area contributed by atoms with Gasteiger partial charge in [-0.2, -0.15) is 0 Å². The highest BCUT2D eigenvalue weighted by Gasteiger charge is 2.30. The van der Waals surface area contributed by atoms with Crippen molar-refractivity contribution in [1.82, 2.24) is 19.4 Å². The highest BCUT2D eigenvalue weighted by Crippen LogP contribution is 2.50. The summed E-state index contributed by atoms with van der Waals surface area (Å²) in [5.41, 5.74) is 15.1. The van der Waals surface area contributed by atoms with Gasteiger partial charge in [-0.05, 0) is 74.5 Å². The lowest BCUT2D eigenvalue weighted by molar-refractivity contribution is 1.24. The Labute approximate surface area is 200 Å². The van der Waals surface area contributed by atoms with E-state index in [1.54, 1.807) is 0 Å². The summed E-state index contributed by atoms with van der Waals surface area (Å²) in [6, 6.07) is 24.3. The van der Waals surface area contributed by atoms with Gasteiger partial charge in [0.25, 0.3) is 0 Å². The molecule has 0 spiro atoms.